The van der Waals surface area contributed by atoms with E-state index in [9.17, 15) is 14.9 Å². The molecular weight excluding hydrogens is 220 g/mol. The molecule has 0 spiro atoms. The number of hydrogen-bond donors (Lipinski definition) is 1. The maximum absolute atomic E-state index is 11.5. The van der Waals surface area contributed by atoms with E-state index in [1.807, 2.05) is 0 Å². The van der Waals surface area contributed by atoms with E-state index in [2.05, 4.69) is 17.5 Å². The molecular formula is C12H16N2O3. The molecule has 92 valence electrons. The van der Waals surface area contributed by atoms with Crippen LogP contribution in [0, 0.1) is 27.9 Å². The summed E-state index contributed by atoms with van der Waals surface area (Å²) in [6, 6.07) is -0.850. The number of nitro groups is 1. The normalized spacial score (nSPS) is 43.8. The molecule has 0 radical (unpaired) electrons. The lowest BCUT2D eigenvalue weighted by atomic mass is 9.80. The van der Waals surface area contributed by atoms with Crippen LogP contribution in [0.15, 0.2) is 12.2 Å². The Morgan fingerprint density at radius 3 is 2.76 bits per heavy atom. The molecule has 5 heteroatoms. The van der Waals surface area contributed by atoms with E-state index in [4.69, 9.17) is 0 Å². The van der Waals surface area contributed by atoms with Gasteiger partial charge in [-0.25, -0.2) is 0 Å². The Labute approximate surface area is 99.4 Å². The molecule has 1 N–H and O–H groups in total. The highest BCUT2D eigenvalue weighted by atomic mass is 16.6. The second-order valence-electron chi connectivity index (χ2n) is 5.43. The summed E-state index contributed by atoms with van der Waals surface area (Å²) in [5, 5.41) is 13.9. The van der Waals surface area contributed by atoms with E-state index >= 15 is 0 Å². The van der Waals surface area contributed by atoms with Gasteiger partial charge in [0.15, 0.2) is 0 Å². The van der Waals surface area contributed by atoms with Crippen molar-refractivity contribution in [1.82, 2.24) is 5.32 Å². The van der Waals surface area contributed by atoms with E-state index in [0.717, 1.165) is 12.8 Å². The zero-order valence-corrected chi connectivity index (χ0v) is 9.54. The van der Waals surface area contributed by atoms with Crippen LogP contribution in [0.5, 0.6) is 0 Å². The molecule has 1 amide bonds. The van der Waals surface area contributed by atoms with Crippen LogP contribution in [0.2, 0.25) is 0 Å². The van der Waals surface area contributed by atoms with Crippen molar-refractivity contribution in [3.63, 3.8) is 0 Å². The Kier molecular flexibility index (Phi) is 2.42. The molecule has 3 aliphatic rings. The van der Waals surface area contributed by atoms with E-state index in [1.165, 1.54) is 0 Å². The Morgan fingerprint density at radius 2 is 2.18 bits per heavy atom. The fourth-order valence-electron chi connectivity index (χ4n) is 3.68. The second kappa shape index (κ2) is 3.82. The average Bonchev–Trinajstić information content (AvgIpc) is 2.90. The molecule has 0 aromatic rings. The summed E-state index contributed by atoms with van der Waals surface area (Å²) in [5.41, 5.74) is 0. The van der Waals surface area contributed by atoms with Crippen LogP contribution in [0.4, 0.5) is 0 Å². The van der Waals surface area contributed by atoms with Crippen molar-refractivity contribution in [3.05, 3.63) is 22.3 Å². The highest BCUT2D eigenvalue weighted by Crippen LogP contribution is 2.46. The maximum Gasteiger partial charge on any atom is 0.233 e. The van der Waals surface area contributed by atoms with E-state index in [1.54, 1.807) is 0 Å². The van der Waals surface area contributed by atoms with Crippen LogP contribution in [-0.4, -0.2) is 22.9 Å². The zero-order chi connectivity index (χ0) is 12.0. The van der Waals surface area contributed by atoms with Gasteiger partial charge in [-0.1, -0.05) is 12.2 Å². The summed E-state index contributed by atoms with van der Waals surface area (Å²) in [5.74, 6) is 1.26. The summed E-state index contributed by atoms with van der Waals surface area (Å²) in [6.45, 7) is 0. The van der Waals surface area contributed by atoms with Gasteiger partial charge in [-0.3, -0.25) is 14.9 Å². The third-order valence-corrected chi connectivity index (χ3v) is 4.47. The topological polar surface area (TPSA) is 72.2 Å². The quantitative estimate of drug-likeness (QED) is 0.443. The van der Waals surface area contributed by atoms with Gasteiger partial charge < -0.3 is 5.32 Å². The molecule has 2 fully saturated rings. The molecule has 1 saturated heterocycles. The van der Waals surface area contributed by atoms with Crippen LogP contribution < -0.4 is 5.32 Å². The molecule has 5 nitrogen and oxygen atoms in total. The van der Waals surface area contributed by atoms with Gasteiger partial charge in [0.1, 0.15) is 0 Å². The van der Waals surface area contributed by atoms with E-state index < -0.39 is 6.04 Å². The smallest absolute Gasteiger partial charge is 0.233 e. The summed E-state index contributed by atoms with van der Waals surface area (Å²) in [4.78, 5) is 22.3. The van der Waals surface area contributed by atoms with Crippen molar-refractivity contribution in [1.29, 1.82) is 0 Å². The summed E-state index contributed by atoms with van der Waals surface area (Å²) >= 11 is 0. The lowest BCUT2D eigenvalue weighted by molar-refractivity contribution is -0.530. The zero-order valence-electron chi connectivity index (χ0n) is 9.54. The molecule has 5 atom stereocenters. The maximum atomic E-state index is 11.5. The molecule has 3 rings (SSSR count). The number of nitrogens with one attached hydrogen (secondary N) is 1. The number of rotatable bonds is 2. The molecule has 0 aromatic heterocycles. The number of carbonyl (C=O) groups excluding carboxylic acids is 1. The third-order valence-electron chi connectivity index (χ3n) is 4.47. The number of fused-ring (bicyclic) bond motifs is 2. The highest BCUT2D eigenvalue weighted by Gasteiger charge is 2.48. The van der Waals surface area contributed by atoms with Gasteiger partial charge in [-0.05, 0) is 30.6 Å². The first kappa shape index (κ1) is 10.7. The number of amides is 1. The van der Waals surface area contributed by atoms with Gasteiger partial charge in [0.2, 0.25) is 11.9 Å². The molecule has 1 heterocycles. The first-order valence-corrected chi connectivity index (χ1v) is 6.26. The average molecular weight is 236 g/mol. The van der Waals surface area contributed by atoms with Crippen LogP contribution >= 0.6 is 0 Å². The Hall–Kier alpha value is -1.39. The van der Waals surface area contributed by atoms with Crippen LogP contribution in [0.1, 0.15) is 25.7 Å². The van der Waals surface area contributed by atoms with Crippen molar-refractivity contribution in [2.24, 2.45) is 17.8 Å². The minimum absolute atomic E-state index is 0.0279. The minimum atomic E-state index is -0.592. The van der Waals surface area contributed by atoms with Gasteiger partial charge in [0, 0.05) is 17.8 Å². The predicted molar refractivity (Wildman–Crippen MR) is 60.8 cm³/mol. The van der Waals surface area contributed by atoms with Crippen molar-refractivity contribution in [2.45, 2.75) is 37.8 Å². The lowest BCUT2D eigenvalue weighted by Gasteiger charge is -2.33. The Bertz CT molecular complexity index is 393. The molecule has 2 aliphatic carbocycles. The fraction of sp³-hybridized carbons (Fsp3) is 0.750. The first-order valence-electron chi connectivity index (χ1n) is 6.26. The van der Waals surface area contributed by atoms with Gasteiger partial charge in [-0.2, -0.15) is 0 Å². The number of piperidine rings is 1. The summed E-state index contributed by atoms with van der Waals surface area (Å²) < 4.78 is 0. The number of nitrogens with zero attached hydrogens (tertiary/aromatic N) is 1. The molecule has 1 saturated carbocycles. The molecule has 0 unspecified atom stereocenters. The molecule has 17 heavy (non-hydrogen) atoms. The molecule has 0 aromatic carbocycles. The first-order chi connectivity index (χ1) is 8.15. The van der Waals surface area contributed by atoms with Gasteiger partial charge in [0.05, 0.1) is 6.04 Å². The molecule has 2 bridgehead atoms. The number of hydrogen-bond acceptors (Lipinski definition) is 3. The van der Waals surface area contributed by atoms with Crippen molar-refractivity contribution in [3.8, 4) is 0 Å². The van der Waals surface area contributed by atoms with Gasteiger partial charge in [0.25, 0.3) is 0 Å². The monoisotopic (exact) mass is 236 g/mol. The fourth-order valence-corrected chi connectivity index (χ4v) is 3.68. The largest absolute Gasteiger partial charge is 0.346 e. The summed E-state index contributed by atoms with van der Waals surface area (Å²) in [7, 11) is 0. The number of carbonyl (C=O) groups is 1. The van der Waals surface area contributed by atoms with Gasteiger partial charge in [-0.15, -0.1) is 0 Å². The van der Waals surface area contributed by atoms with E-state index in [-0.39, 0.29) is 22.8 Å². The highest BCUT2D eigenvalue weighted by molar-refractivity contribution is 5.77. The molecule has 1 aliphatic heterocycles. The van der Waals surface area contributed by atoms with Crippen molar-refractivity contribution >= 4 is 5.91 Å². The minimum Gasteiger partial charge on any atom is -0.346 e. The van der Waals surface area contributed by atoms with Crippen molar-refractivity contribution in [2.75, 3.05) is 0 Å². The van der Waals surface area contributed by atoms with Crippen LogP contribution in [0.3, 0.4) is 0 Å². The Balaban J connectivity index is 1.80. The Morgan fingerprint density at radius 1 is 1.35 bits per heavy atom. The lowest BCUT2D eigenvalue weighted by Crippen LogP contribution is -2.55. The predicted octanol–water partition coefficient (Wildman–Crippen LogP) is 1.12. The SMILES string of the molecule is O=C1CC[C@@H]([N+](=O)[O-])[C@H]([C@@H]2C[C@H]3C=C[C@H]2C3)N1. The van der Waals surface area contributed by atoms with Crippen LogP contribution in [-0.2, 0) is 4.79 Å². The number of allylic oxidation sites excluding steroid dienone is 2. The van der Waals surface area contributed by atoms with Crippen molar-refractivity contribution < 1.29 is 9.72 Å². The standard InChI is InChI=1S/C12H16N2O3/c15-11-4-3-10(14(16)17)12(13-11)9-6-7-1-2-8(9)5-7/h1-2,7-10,12H,3-6H2,(H,13,15)/t7-,8-,9+,10+,12-/m0/s1. The van der Waals surface area contributed by atoms with Crippen LogP contribution in [0.25, 0.3) is 0 Å². The van der Waals surface area contributed by atoms with Gasteiger partial charge >= 0.3 is 0 Å². The third kappa shape index (κ3) is 1.73. The van der Waals surface area contributed by atoms with E-state index in [0.29, 0.717) is 24.7 Å². The second-order valence-corrected chi connectivity index (χ2v) is 5.43. The summed E-state index contributed by atoms with van der Waals surface area (Å²) in [6.07, 6.45) is 7.18.